The third kappa shape index (κ3) is 3.71. The molecule has 0 saturated heterocycles. The number of aliphatic hydroxyl groups is 1. The Kier molecular flexibility index (Phi) is 4.60. The van der Waals surface area contributed by atoms with Gasteiger partial charge >= 0.3 is 6.03 Å². The molecule has 1 fully saturated rings. The molecule has 2 N–H and O–H groups in total. The molecule has 0 atom stereocenters. The molecule has 0 unspecified atom stereocenters. The lowest BCUT2D eigenvalue weighted by molar-refractivity contribution is 0.204. The van der Waals surface area contributed by atoms with Gasteiger partial charge in [0.05, 0.1) is 5.00 Å². The summed E-state index contributed by atoms with van der Waals surface area (Å²) in [7, 11) is 0. The fraction of sp³-hybridized carbons (Fsp3) is 0.615. The van der Waals surface area contributed by atoms with Crippen LogP contribution in [-0.4, -0.2) is 35.2 Å². The lowest BCUT2D eigenvalue weighted by Gasteiger charge is -2.22. The second kappa shape index (κ2) is 6.20. The molecule has 0 radical (unpaired) electrons. The number of anilines is 1. The second-order valence-electron chi connectivity index (χ2n) is 4.70. The Morgan fingerprint density at radius 3 is 2.83 bits per heavy atom. The average molecular weight is 268 g/mol. The number of urea groups is 1. The van der Waals surface area contributed by atoms with Crippen molar-refractivity contribution in [3.05, 3.63) is 17.0 Å². The van der Waals surface area contributed by atoms with Crippen LogP contribution in [0.4, 0.5) is 9.80 Å². The van der Waals surface area contributed by atoms with Crippen molar-refractivity contribution in [3.8, 4) is 0 Å². The Bertz CT molecular complexity index is 401. The molecule has 1 aliphatic carbocycles. The highest BCUT2D eigenvalue weighted by atomic mass is 32.1. The molecule has 1 aromatic heterocycles. The summed E-state index contributed by atoms with van der Waals surface area (Å²) in [6.07, 6.45) is 3.84. The zero-order valence-electron chi connectivity index (χ0n) is 10.7. The molecule has 0 aromatic carbocycles. The number of nitrogens with zero attached hydrogens (tertiary/aromatic N) is 1. The molecule has 4 nitrogen and oxygen atoms in total. The van der Waals surface area contributed by atoms with Gasteiger partial charge in [-0.1, -0.05) is 0 Å². The van der Waals surface area contributed by atoms with E-state index in [1.54, 1.807) is 11.3 Å². The SMILES string of the molecule is Cc1ccc(NC(=O)N(CCCCO)C2CC2)s1. The predicted molar refractivity (Wildman–Crippen MR) is 74.1 cm³/mol. The minimum absolute atomic E-state index is 0.00251. The third-order valence-electron chi connectivity index (χ3n) is 3.03. The smallest absolute Gasteiger partial charge is 0.322 e. The molecule has 1 aromatic rings. The monoisotopic (exact) mass is 268 g/mol. The summed E-state index contributed by atoms with van der Waals surface area (Å²) >= 11 is 1.60. The van der Waals surface area contributed by atoms with Gasteiger partial charge in [-0.2, -0.15) is 0 Å². The second-order valence-corrected chi connectivity index (χ2v) is 5.98. The van der Waals surface area contributed by atoms with Crippen molar-refractivity contribution in [1.82, 2.24) is 4.90 Å². The maximum atomic E-state index is 12.2. The van der Waals surface area contributed by atoms with Gasteiger partial charge in [0.1, 0.15) is 0 Å². The molecule has 0 bridgehead atoms. The Morgan fingerprint density at radius 1 is 1.50 bits per heavy atom. The normalized spacial score (nSPS) is 14.6. The largest absolute Gasteiger partial charge is 0.396 e. The predicted octanol–water partition coefficient (Wildman–Crippen LogP) is 2.83. The third-order valence-corrected chi connectivity index (χ3v) is 3.94. The van der Waals surface area contributed by atoms with Crippen LogP contribution in [-0.2, 0) is 0 Å². The summed E-state index contributed by atoms with van der Waals surface area (Å²) in [5.41, 5.74) is 0. The number of rotatable bonds is 6. The Balaban J connectivity index is 1.87. The number of hydrogen-bond acceptors (Lipinski definition) is 3. The molecule has 1 heterocycles. The van der Waals surface area contributed by atoms with Crippen LogP contribution in [0.2, 0.25) is 0 Å². The molecule has 18 heavy (non-hydrogen) atoms. The number of aryl methyl sites for hydroxylation is 1. The molecule has 0 aliphatic heterocycles. The maximum absolute atomic E-state index is 12.2. The molecule has 1 saturated carbocycles. The summed E-state index contributed by atoms with van der Waals surface area (Å²) < 4.78 is 0. The first-order chi connectivity index (χ1) is 8.70. The van der Waals surface area contributed by atoms with E-state index in [-0.39, 0.29) is 12.6 Å². The van der Waals surface area contributed by atoms with Crippen molar-refractivity contribution >= 4 is 22.4 Å². The first-order valence-electron chi connectivity index (χ1n) is 6.45. The number of hydrogen-bond donors (Lipinski definition) is 2. The van der Waals surface area contributed by atoms with Gasteiger partial charge in [0.2, 0.25) is 0 Å². The number of aliphatic hydroxyl groups excluding tert-OH is 1. The van der Waals surface area contributed by atoms with Crippen molar-refractivity contribution in [1.29, 1.82) is 0 Å². The van der Waals surface area contributed by atoms with Crippen molar-refractivity contribution in [2.75, 3.05) is 18.5 Å². The fourth-order valence-corrected chi connectivity index (χ4v) is 2.67. The van der Waals surface area contributed by atoms with E-state index >= 15 is 0 Å². The molecular formula is C13H20N2O2S. The van der Waals surface area contributed by atoms with Gasteiger partial charge in [0, 0.05) is 24.1 Å². The van der Waals surface area contributed by atoms with Crippen LogP contribution in [0.25, 0.3) is 0 Å². The molecule has 2 amide bonds. The first-order valence-corrected chi connectivity index (χ1v) is 7.27. The standard InChI is InChI=1S/C13H20N2O2S/c1-10-4-7-12(18-10)14-13(17)15(11-5-6-11)8-2-3-9-16/h4,7,11,16H,2-3,5-6,8-9H2,1H3,(H,14,17). The molecule has 100 valence electrons. The van der Waals surface area contributed by atoms with E-state index < -0.39 is 0 Å². The molecule has 5 heteroatoms. The highest BCUT2D eigenvalue weighted by Gasteiger charge is 2.32. The molecule has 1 aliphatic rings. The van der Waals surface area contributed by atoms with Gasteiger partial charge in [-0.15, -0.1) is 11.3 Å². The number of carbonyl (C=O) groups is 1. The van der Waals surface area contributed by atoms with Crippen LogP contribution < -0.4 is 5.32 Å². The van der Waals surface area contributed by atoms with Crippen molar-refractivity contribution in [2.45, 2.75) is 38.6 Å². The van der Waals surface area contributed by atoms with E-state index in [0.29, 0.717) is 6.04 Å². The van der Waals surface area contributed by atoms with Crippen LogP contribution in [0.3, 0.4) is 0 Å². The highest BCUT2D eigenvalue weighted by Crippen LogP contribution is 2.28. The number of amides is 2. The number of nitrogens with one attached hydrogen (secondary N) is 1. The number of thiophene rings is 1. The van der Waals surface area contributed by atoms with E-state index in [0.717, 1.165) is 37.2 Å². The quantitative estimate of drug-likeness (QED) is 0.779. The van der Waals surface area contributed by atoms with Crippen molar-refractivity contribution < 1.29 is 9.90 Å². The zero-order chi connectivity index (χ0) is 13.0. The van der Waals surface area contributed by atoms with Crippen LogP contribution in [0.1, 0.15) is 30.6 Å². The maximum Gasteiger partial charge on any atom is 0.322 e. The van der Waals surface area contributed by atoms with Crippen molar-refractivity contribution in [3.63, 3.8) is 0 Å². The van der Waals surface area contributed by atoms with Gasteiger partial charge in [-0.25, -0.2) is 4.79 Å². The van der Waals surface area contributed by atoms with Gasteiger partial charge in [-0.3, -0.25) is 5.32 Å². The summed E-state index contributed by atoms with van der Waals surface area (Å²) in [4.78, 5) is 15.3. The summed E-state index contributed by atoms with van der Waals surface area (Å²) in [5, 5.41) is 12.7. The van der Waals surface area contributed by atoms with Crippen LogP contribution in [0, 0.1) is 6.92 Å². The highest BCUT2D eigenvalue weighted by molar-refractivity contribution is 7.16. The molecule has 0 spiro atoms. The minimum atomic E-state index is -0.00251. The topological polar surface area (TPSA) is 52.6 Å². The van der Waals surface area contributed by atoms with Crippen LogP contribution >= 0.6 is 11.3 Å². The van der Waals surface area contributed by atoms with E-state index in [4.69, 9.17) is 5.11 Å². The Morgan fingerprint density at radius 2 is 2.28 bits per heavy atom. The van der Waals surface area contributed by atoms with Crippen molar-refractivity contribution in [2.24, 2.45) is 0 Å². The lowest BCUT2D eigenvalue weighted by atomic mass is 10.3. The number of carbonyl (C=O) groups excluding carboxylic acids is 1. The fourth-order valence-electron chi connectivity index (χ4n) is 1.91. The van der Waals surface area contributed by atoms with E-state index in [2.05, 4.69) is 5.32 Å². The molecule has 2 rings (SSSR count). The van der Waals surface area contributed by atoms with Gasteiger partial charge in [-0.05, 0) is 44.7 Å². The lowest BCUT2D eigenvalue weighted by Crippen LogP contribution is -2.37. The van der Waals surface area contributed by atoms with E-state index in [1.807, 2.05) is 24.0 Å². The molecular weight excluding hydrogens is 248 g/mol. The summed E-state index contributed by atoms with van der Waals surface area (Å²) in [6.45, 7) is 2.96. The summed E-state index contributed by atoms with van der Waals surface area (Å²) in [5.74, 6) is 0. The first kappa shape index (κ1) is 13.4. The van der Waals surface area contributed by atoms with E-state index in [1.165, 1.54) is 4.88 Å². The van der Waals surface area contributed by atoms with Crippen LogP contribution in [0.15, 0.2) is 12.1 Å². The number of unbranched alkanes of at least 4 members (excludes halogenated alkanes) is 1. The van der Waals surface area contributed by atoms with Gasteiger partial charge in [0.25, 0.3) is 0 Å². The zero-order valence-corrected chi connectivity index (χ0v) is 11.5. The Hall–Kier alpha value is -1.07. The van der Waals surface area contributed by atoms with Gasteiger partial charge < -0.3 is 10.0 Å². The van der Waals surface area contributed by atoms with Gasteiger partial charge in [0.15, 0.2) is 0 Å². The Labute approximate surface area is 112 Å². The average Bonchev–Trinajstić information content (AvgIpc) is 3.09. The van der Waals surface area contributed by atoms with Crippen LogP contribution in [0.5, 0.6) is 0 Å². The minimum Gasteiger partial charge on any atom is -0.396 e. The summed E-state index contributed by atoms with van der Waals surface area (Å²) in [6, 6.07) is 4.35. The van der Waals surface area contributed by atoms with E-state index in [9.17, 15) is 4.79 Å².